The van der Waals surface area contributed by atoms with Gasteiger partial charge in [0, 0.05) is 13.1 Å². The van der Waals surface area contributed by atoms with Gasteiger partial charge in [-0.15, -0.1) is 0 Å². The minimum atomic E-state index is -1.10. The van der Waals surface area contributed by atoms with Crippen LogP contribution in [0.1, 0.15) is 5.56 Å². The first kappa shape index (κ1) is 14.0. The Morgan fingerprint density at radius 2 is 1.94 bits per heavy atom. The monoisotopic (exact) mass is 252 g/mol. The van der Waals surface area contributed by atoms with E-state index in [1.807, 2.05) is 30.3 Å². The Hall–Kier alpha value is -2.08. The van der Waals surface area contributed by atoms with E-state index in [-0.39, 0.29) is 19.7 Å². The molecule has 1 rings (SSSR count). The van der Waals surface area contributed by atoms with Gasteiger partial charge in [-0.1, -0.05) is 30.3 Å². The predicted octanol–water partition coefficient (Wildman–Crippen LogP) is 0.668. The molecule has 18 heavy (non-hydrogen) atoms. The number of amides is 1. The van der Waals surface area contributed by atoms with E-state index >= 15 is 0 Å². The van der Waals surface area contributed by atoms with E-state index in [4.69, 9.17) is 15.6 Å². The lowest BCUT2D eigenvalue weighted by Crippen LogP contribution is -2.39. The molecular weight excluding hydrogens is 236 g/mol. The van der Waals surface area contributed by atoms with Gasteiger partial charge in [0.25, 0.3) is 0 Å². The van der Waals surface area contributed by atoms with Crippen molar-refractivity contribution in [2.24, 2.45) is 5.73 Å². The van der Waals surface area contributed by atoms with Crippen molar-refractivity contribution in [1.82, 2.24) is 4.90 Å². The molecule has 0 aliphatic carbocycles. The molecule has 98 valence electrons. The van der Waals surface area contributed by atoms with Gasteiger partial charge in [0.2, 0.25) is 0 Å². The van der Waals surface area contributed by atoms with Gasteiger partial charge in [-0.25, -0.2) is 4.79 Å². The van der Waals surface area contributed by atoms with E-state index in [0.29, 0.717) is 0 Å². The van der Waals surface area contributed by atoms with Gasteiger partial charge in [-0.2, -0.15) is 0 Å². The summed E-state index contributed by atoms with van der Waals surface area (Å²) in [4.78, 5) is 23.3. The standard InChI is InChI=1S/C12H16N2O4/c13-6-7-14(8-11(15)16)12(17)18-9-10-4-2-1-3-5-10/h1-5H,6-9,13H2,(H,15,16). The van der Waals surface area contributed by atoms with Crippen LogP contribution in [0.25, 0.3) is 0 Å². The van der Waals surface area contributed by atoms with Crippen LogP contribution in [0, 0.1) is 0 Å². The Bertz CT molecular complexity index is 394. The first-order valence-electron chi connectivity index (χ1n) is 5.51. The van der Waals surface area contributed by atoms with Crippen LogP contribution >= 0.6 is 0 Å². The van der Waals surface area contributed by atoms with Crippen molar-refractivity contribution in [2.45, 2.75) is 6.61 Å². The third-order valence-corrected chi connectivity index (χ3v) is 2.19. The highest BCUT2D eigenvalue weighted by Gasteiger charge is 2.17. The van der Waals surface area contributed by atoms with Crippen LogP contribution < -0.4 is 5.73 Å². The topological polar surface area (TPSA) is 92.9 Å². The number of hydrogen-bond acceptors (Lipinski definition) is 4. The molecule has 0 aromatic heterocycles. The largest absolute Gasteiger partial charge is 0.480 e. The molecule has 0 saturated carbocycles. The molecule has 1 amide bonds. The molecule has 6 nitrogen and oxygen atoms in total. The second kappa shape index (κ2) is 7.29. The molecule has 0 unspecified atom stereocenters. The van der Waals surface area contributed by atoms with E-state index in [1.54, 1.807) is 0 Å². The molecule has 1 aromatic rings. The van der Waals surface area contributed by atoms with Gasteiger partial charge >= 0.3 is 12.1 Å². The zero-order valence-corrected chi connectivity index (χ0v) is 9.91. The predicted molar refractivity (Wildman–Crippen MR) is 64.9 cm³/mol. The number of carbonyl (C=O) groups is 2. The van der Waals surface area contributed by atoms with Crippen molar-refractivity contribution in [1.29, 1.82) is 0 Å². The van der Waals surface area contributed by atoms with E-state index in [0.717, 1.165) is 10.5 Å². The molecule has 3 N–H and O–H groups in total. The number of carbonyl (C=O) groups excluding carboxylic acids is 1. The molecule has 0 saturated heterocycles. The highest BCUT2D eigenvalue weighted by atomic mass is 16.6. The molecule has 6 heteroatoms. The minimum absolute atomic E-state index is 0.111. The average Bonchev–Trinajstić information content (AvgIpc) is 2.36. The highest BCUT2D eigenvalue weighted by molar-refractivity contribution is 5.76. The number of nitrogens with two attached hydrogens (primary N) is 1. The number of hydrogen-bond donors (Lipinski definition) is 2. The third kappa shape index (κ3) is 4.84. The summed E-state index contributed by atoms with van der Waals surface area (Å²) in [7, 11) is 0. The number of aliphatic carboxylic acids is 1. The lowest BCUT2D eigenvalue weighted by atomic mass is 10.2. The minimum Gasteiger partial charge on any atom is -0.480 e. The zero-order valence-electron chi connectivity index (χ0n) is 9.91. The lowest BCUT2D eigenvalue weighted by Gasteiger charge is -2.19. The summed E-state index contributed by atoms with van der Waals surface area (Å²) in [6, 6.07) is 9.15. The zero-order chi connectivity index (χ0) is 13.4. The van der Waals surface area contributed by atoms with E-state index in [1.165, 1.54) is 0 Å². The summed E-state index contributed by atoms with van der Waals surface area (Å²) in [5.41, 5.74) is 6.15. The molecule has 0 heterocycles. The number of nitrogens with zero attached hydrogens (tertiary/aromatic N) is 1. The quantitative estimate of drug-likeness (QED) is 0.776. The highest BCUT2D eigenvalue weighted by Crippen LogP contribution is 2.03. The summed E-state index contributed by atoms with van der Waals surface area (Å²) < 4.78 is 5.01. The van der Waals surface area contributed by atoms with Crippen LogP contribution in [0.15, 0.2) is 30.3 Å². The molecule has 0 fully saturated rings. The maximum absolute atomic E-state index is 11.6. The fourth-order valence-corrected chi connectivity index (χ4v) is 1.36. The molecule has 0 atom stereocenters. The fourth-order valence-electron chi connectivity index (χ4n) is 1.36. The van der Waals surface area contributed by atoms with Crippen molar-refractivity contribution in [3.63, 3.8) is 0 Å². The maximum atomic E-state index is 11.6. The summed E-state index contributed by atoms with van der Waals surface area (Å²) in [6.45, 7) is 0.0405. The van der Waals surface area contributed by atoms with Crippen LogP contribution in [0.5, 0.6) is 0 Å². The molecule has 1 aromatic carbocycles. The molecule has 0 spiro atoms. The summed E-state index contributed by atoms with van der Waals surface area (Å²) in [5, 5.41) is 8.65. The van der Waals surface area contributed by atoms with Gasteiger partial charge in [0.15, 0.2) is 0 Å². The molecular formula is C12H16N2O4. The number of ether oxygens (including phenoxy) is 1. The SMILES string of the molecule is NCCN(CC(=O)O)C(=O)OCc1ccccc1. The summed E-state index contributed by atoms with van der Waals surface area (Å²) >= 11 is 0. The second-order valence-corrected chi connectivity index (χ2v) is 3.64. The Kier molecular flexibility index (Phi) is 5.66. The Balaban J connectivity index is 2.48. The number of rotatable bonds is 6. The molecule has 0 radical (unpaired) electrons. The number of benzene rings is 1. The first-order chi connectivity index (χ1) is 8.63. The van der Waals surface area contributed by atoms with Crippen LogP contribution in [-0.4, -0.2) is 41.7 Å². The van der Waals surface area contributed by atoms with Crippen LogP contribution in [0.3, 0.4) is 0 Å². The summed E-state index contributed by atoms with van der Waals surface area (Å²) in [5.74, 6) is -1.10. The number of carboxylic acid groups (broad SMARTS) is 1. The van der Waals surface area contributed by atoms with Gasteiger partial charge < -0.3 is 15.6 Å². The summed E-state index contributed by atoms with van der Waals surface area (Å²) in [6.07, 6.45) is -0.674. The third-order valence-electron chi connectivity index (χ3n) is 2.19. The van der Waals surface area contributed by atoms with Crippen molar-refractivity contribution in [3.05, 3.63) is 35.9 Å². The first-order valence-corrected chi connectivity index (χ1v) is 5.51. The normalized spacial score (nSPS) is 9.83. The Morgan fingerprint density at radius 3 is 2.50 bits per heavy atom. The van der Waals surface area contributed by atoms with Crippen LogP contribution in [-0.2, 0) is 16.1 Å². The Labute approximate surface area is 105 Å². The average molecular weight is 252 g/mol. The lowest BCUT2D eigenvalue weighted by molar-refractivity contribution is -0.138. The fraction of sp³-hybridized carbons (Fsp3) is 0.333. The van der Waals surface area contributed by atoms with E-state index in [2.05, 4.69) is 0 Å². The van der Waals surface area contributed by atoms with Crippen LogP contribution in [0.4, 0.5) is 4.79 Å². The van der Waals surface area contributed by atoms with E-state index in [9.17, 15) is 9.59 Å². The van der Waals surface area contributed by atoms with Crippen molar-refractivity contribution < 1.29 is 19.4 Å². The molecule has 0 bridgehead atoms. The molecule has 0 aliphatic heterocycles. The van der Waals surface area contributed by atoms with Gasteiger partial charge in [-0.3, -0.25) is 9.69 Å². The second-order valence-electron chi connectivity index (χ2n) is 3.64. The van der Waals surface area contributed by atoms with E-state index < -0.39 is 18.6 Å². The smallest absolute Gasteiger partial charge is 0.410 e. The van der Waals surface area contributed by atoms with Crippen molar-refractivity contribution >= 4 is 12.1 Å². The number of carboxylic acids is 1. The van der Waals surface area contributed by atoms with Gasteiger partial charge in [-0.05, 0) is 5.56 Å². The Morgan fingerprint density at radius 1 is 1.28 bits per heavy atom. The van der Waals surface area contributed by atoms with Crippen molar-refractivity contribution in [3.8, 4) is 0 Å². The van der Waals surface area contributed by atoms with Gasteiger partial charge in [0.1, 0.15) is 13.2 Å². The maximum Gasteiger partial charge on any atom is 0.410 e. The molecule has 0 aliphatic rings. The van der Waals surface area contributed by atoms with Crippen molar-refractivity contribution in [2.75, 3.05) is 19.6 Å². The van der Waals surface area contributed by atoms with Crippen LogP contribution in [0.2, 0.25) is 0 Å². The van der Waals surface area contributed by atoms with Gasteiger partial charge in [0.05, 0.1) is 0 Å².